The third-order valence-corrected chi connectivity index (χ3v) is 2.36. The van der Waals surface area contributed by atoms with Crippen LogP contribution in [0.3, 0.4) is 0 Å². The van der Waals surface area contributed by atoms with Crippen molar-refractivity contribution in [3.05, 3.63) is 35.4 Å². The lowest BCUT2D eigenvalue weighted by Crippen LogP contribution is -2.30. The number of hydrogen-bond acceptors (Lipinski definition) is 2. The predicted octanol–water partition coefficient (Wildman–Crippen LogP) is 2.21. The summed E-state index contributed by atoms with van der Waals surface area (Å²) in [6.45, 7) is 6.58. The van der Waals surface area contributed by atoms with Gasteiger partial charge < -0.3 is 10.1 Å². The molecule has 0 unspecified atom stereocenters. The van der Waals surface area contributed by atoms with Gasteiger partial charge in [0.05, 0.1) is 6.04 Å². The van der Waals surface area contributed by atoms with Crippen LogP contribution in [-0.2, 0) is 9.53 Å². The SMILES string of the molecule is CCOCC(=O)N[C@@H](C)c1cccc(C)c1. The Hall–Kier alpha value is -1.35. The minimum Gasteiger partial charge on any atom is -0.372 e. The van der Waals surface area contributed by atoms with Crippen LogP contribution < -0.4 is 5.32 Å². The van der Waals surface area contributed by atoms with Crippen molar-refractivity contribution < 1.29 is 9.53 Å². The van der Waals surface area contributed by atoms with Gasteiger partial charge in [0.2, 0.25) is 5.91 Å². The summed E-state index contributed by atoms with van der Waals surface area (Å²) in [5.41, 5.74) is 2.31. The monoisotopic (exact) mass is 221 g/mol. The van der Waals surface area contributed by atoms with Gasteiger partial charge in [-0.2, -0.15) is 0 Å². The van der Waals surface area contributed by atoms with Crippen LogP contribution >= 0.6 is 0 Å². The van der Waals surface area contributed by atoms with Gasteiger partial charge in [0.15, 0.2) is 0 Å². The van der Waals surface area contributed by atoms with Gasteiger partial charge in [0.25, 0.3) is 0 Å². The van der Waals surface area contributed by atoms with E-state index in [2.05, 4.69) is 11.4 Å². The fourth-order valence-corrected chi connectivity index (χ4v) is 1.50. The molecule has 0 spiro atoms. The number of amides is 1. The maximum atomic E-state index is 11.4. The van der Waals surface area contributed by atoms with E-state index in [-0.39, 0.29) is 18.6 Å². The fraction of sp³-hybridized carbons (Fsp3) is 0.462. The second-order valence-electron chi connectivity index (χ2n) is 3.84. The molecule has 1 aromatic rings. The molecule has 1 rings (SSSR count). The number of nitrogens with one attached hydrogen (secondary N) is 1. The molecule has 0 saturated carbocycles. The smallest absolute Gasteiger partial charge is 0.246 e. The molecule has 0 heterocycles. The Morgan fingerprint density at radius 3 is 2.88 bits per heavy atom. The molecule has 1 N–H and O–H groups in total. The van der Waals surface area contributed by atoms with E-state index < -0.39 is 0 Å². The first-order valence-corrected chi connectivity index (χ1v) is 5.57. The molecule has 1 amide bonds. The maximum Gasteiger partial charge on any atom is 0.246 e. The zero-order chi connectivity index (χ0) is 12.0. The highest BCUT2D eigenvalue weighted by atomic mass is 16.5. The summed E-state index contributed by atoms with van der Waals surface area (Å²) in [4.78, 5) is 11.4. The van der Waals surface area contributed by atoms with E-state index in [1.165, 1.54) is 5.56 Å². The number of rotatable bonds is 5. The zero-order valence-electron chi connectivity index (χ0n) is 10.1. The molecule has 3 nitrogen and oxygen atoms in total. The third-order valence-electron chi connectivity index (χ3n) is 2.36. The van der Waals surface area contributed by atoms with Crippen molar-refractivity contribution in [2.75, 3.05) is 13.2 Å². The molecule has 88 valence electrons. The van der Waals surface area contributed by atoms with Crippen LogP contribution in [0.2, 0.25) is 0 Å². The van der Waals surface area contributed by atoms with Crippen LogP contribution in [0.15, 0.2) is 24.3 Å². The molecule has 0 fully saturated rings. The average molecular weight is 221 g/mol. The highest BCUT2D eigenvalue weighted by Gasteiger charge is 2.08. The fourth-order valence-electron chi connectivity index (χ4n) is 1.50. The molecule has 0 saturated heterocycles. The Morgan fingerprint density at radius 2 is 2.25 bits per heavy atom. The van der Waals surface area contributed by atoms with Gasteiger partial charge in [-0.25, -0.2) is 0 Å². The van der Waals surface area contributed by atoms with E-state index in [1.807, 2.05) is 39.0 Å². The average Bonchev–Trinajstić information content (AvgIpc) is 2.26. The lowest BCUT2D eigenvalue weighted by atomic mass is 10.1. The summed E-state index contributed by atoms with van der Waals surface area (Å²) in [5.74, 6) is -0.0733. The Balaban J connectivity index is 2.52. The van der Waals surface area contributed by atoms with Gasteiger partial charge in [-0.15, -0.1) is 0 Å². The second kappa shape index (κ2) is 6.28. The van der Waals surface area contributed by atoms with Crippen molar-refractivity contribution in [2.45, 2.75) is 26.8 Å². The van der Waals surface area contributed by atoms with Crippen LogP contribution in [0.5, 0.6) is 0 Å². The quantitative estimate of drug-likeness (QED) is 0.827. The summed E-state index contributed by atoms with van der Waals surface area (Å²) < 4.78 is 5.04. The Kier molecular flexibility index (Phi) is 4.99. The van der Waals surface area contributed by atoms with Crippen molar-refractivity contribution in [3.8, 4) is 0 Å². The minimum atomic E-state index is -0.0733. The number of aryl methyl sites for hydroxylation is 1. The normalized spacial score (nSPS) is 12.2. The van der Waals surface area contributed by atoms with Crippen LogP contribution in [0.4, 0.5) is 0 Å². The molecule has 16 heavy (non-hydrogen) atoms. The summed E-state index contributed by atoms with van der Waals surface area (Å²) >= 11 is 0. The first-order valence-electron chi connectivity index (χ1n) is 5.57. The Labute approximate surface area is 96.8 Å². The molecule has 0 bridgehead atoms. The molecule has 1 atom stereocenters. The molecule has 0 aliphatic carbocycles. The topological polar surface area (TPSA) is 38.3 Å². The lowest BCUT2D eigenvalue weighted by molar-refractivity contribution is -0.126. The Bertz CT molecular complexity index is 350. The number of ether oxygens (including phenoxy) is 1. The van der Waals surface area contributed by atoms with E-state index in [9.17, 15) is 4.79 Å². The van der Waals surface area contributed by atoms with Gasteiger partial charge in [-0.1, -0.05) is 29.8 Å². The number of carbonyl (C=O) groups is 1. The van der Waals surface area contributed by atoms with Gasteiger partial charge in [-0.3, -0.25) is 4.79 Å². The Morgan fingerprint density at radius 1 is 1.50 bits per heavy atom. The number of benzene rings is 1. The lowest BCUT2D eigenvalue weighted by Gasteiger charge is -2.14. The summed E-state index contributed by atoms with van der Waals surface area (Å²) in [6.07, 6.45) is 0. The molecule has 0 aromatic heterocycles. The van der Waals surface area contributed by atoms with E-state index >= 15 is 0 Å². The van der Waals surface area contributed by atoms with Gasteiger partial charge in [-0.05, 0) is 26.3 Å². The molecule has 0 aliphatic heterocycles. The molecule has 1 aromatic carbocycles. The van der Waals surface area contributed by atoms with Gasteiger partial charge >= 0.3 is 0 Å². The molecule has 3 heteroatoms. The first-order chi connectivity index (χ1) is 7.63. The number of hydrogen-bond donors (Lipinski definition) is 1. The summed E-state index contributed by atoms with van der Waals surface area (Å²) in [5, 5.41) is 2.89. The van der Waals surface area contributed by atoms with Gasteiger partial charge in [0, 0.05) is 6.61 Å². The van der Waals surface area contributed by atoms with E-state index in [1.54, 1.807) is 0 Å². The zero-order valence-corrected chi connectivity index (χ0v) is 10.1. The van der Waals surface area contributed by atoms with Crippen LogP contribution in [0.1, 0.15) is 31.0 Å². The van der Waals surface area contributed by atoms with Crippen molar-refractivity contribution >= 4 is 5.91 Å². The molecule has 0 radical (unpaired) electrons. The first kappa shape index (κ1) is 12.7. The van der Waals surface area contributed by atoms with E-state index in [0.29, 0.717) is 6.61 Å². The number of carbonyl (C=O) groups excluding carboxylic acids is 1. The molecular formula is C13H19NO2. The largest absolute Gasteiger partial charge is 0.372 e. The molecule has 0 aliphatic rings. The standard InChI is InChI=1S/C13H19NO2/c1-4-16-9-13(15)14-11(3)12-7-5-6-10(2)8-12/h5-8,11H,4,9H2,1-3H3,(H,14,15)/t11-/m0/s1. The second-order valence-corrected chi connectivity index (χ2v) is 3.84. The summed E-state index contributed by atoms with van der Waals surface area (Å²) in [7, 11) is 0. The van der Waals surface area contributed by atoms with E-state index in [4.69, 9.17) is 4.74 Å². The van der Waals surface area contributed by atoms with Crippen LogP contribution in [-0.4, -0.2) is 19.1 Å². The van der Waals surface area contributed by atoms with Gasteiger partial charge in [0.1, 0.15) is 6.61 Å². The third kappa shape index (κ3) is 4.03. The maximum absolute atomic E-state index is 11.4. The van der Waals surface area contributed by atoms with Crippen molar-refractivity contribution in [1.29, 1.82) is 0 Å². The van der Waals surface area contributed by atoms with Crippen LogP contribution in [0, 0.1) is 6.92 Å². The van der Waals surface area contributed by atoms with E-state index in [0.717, 1.165) is 5.56 Å². The van der Waals surface area contributed by atoms with Crippen LogP contribution in [0.25, 0.3) is 0 Å². The van der Waals surface area contributed by atoms with Crippen molar-refractivity contribution in [1.82, 2.24) is 5.32 Å². The van der Waals surface area contributed by atoms with Crippen molar-refractivity contribution in [3.63, 3.8) is 0 Å². The minimum absolute atomic E-state index is 0.0212. The highest BCUT2D eigenvalue weighted by molar-refractivity contribution is 5.77. The summed E-state index contributed by atoms with van der Waals surface area (Å²) in [6, 6.07) is 8.14. The predicted molar refractivity (Wildman–Crippen MR) is 64.2 cm³/mol. The highest BCUT2D eigenvalue weighted by Crippen LogP contribution is 2.13. The molecular weight excluding hydrogens is 202 g/mol. The van der Waals surface area contributed by atoms with Crippen molar-refractivity contribution in [2.24, 2.45) is 0 Å².